The Labute approximate surface area is 299 Å². The lowest BCUT2D eigenvalue weighted by molar-refractivity contribution is -0.173. The van der Waals surface area contributed by atoms with Crippen LogP contribution in [0.4, 0.5) is 4.79 Å². The quantitative estimate of drug-likeness (QED) is 0.0568. The highest BCUT2D eigenvalue weighted by Crippen LogP contribution is 2.59. The van der Waals surface area contributed by atoms with Gasteiger partial charge in [-0.1, -0.05) is 58.6 Å². The molecule has 4 unspecified atom stereocenters. The lowest BCUT2D eigenvalue weighted by Gasteiger charge is -2.42. The van der Waals surface area contributed by atoms with E-state index < -0.39 is 29.7 Å². The molecule has 3 aliphatic rings. The number of nitrogens with two attached hydrogens (primary N) is 1. The molecule has 12 nitrogen and oxygen atoms in total. The van der Waals surface area contributed by atoms with E-state index in [1.54, 1.807) is 7.11 Å². The second-order valence-electron chi connectivity index (χ2n) is 15.7. The number of hydrogen-bond donors (Lipinski definition) is 3. The number of carbonyl (C=O) groups is 4. The van der Waals surface area contributed by atoms with Gasteiger partial charge in [-0.05, 0) is 64.7 Å². The predicted octanol–water partition coefficient (Wildman–Crippen LogP) is 5.00. The number of ether oxygens (including phenoxy) is 5. The highest BCUT2D eigenvalue weighted by molar-refractivity contribution is 5.83. The number of Topliss-reactive ketones (excluding diaryl/α,β-unsaturated/α-hetero) is 1. The molecule has 1 aliphatic carbocycles. The molecular formula is C38H65N3O9. The van der Waals surface area contributed by atoms with E-state index in [2.05, 4.69) is 37.5 Å². The van der Waals surface area contributed by atoms with Crippen molar-refractivity contribution in [3.63, 3.8) is 0 Å². The zero-order valence-electron chi connectivity index (χ0n) is 31.8. The molecular weight excluding hydrogens is 642 g/mol. The number of epoxide rings is 2. The first kappa shape index (κ1) is 41.9. The summed E-state index contributed by atoms with van der Waals surface area (Å²) in [5, 5.41) is 5.76. The molecule has 4 N–H and O–H groups in total. The average Bonchev–Trinajstić information content (AvgIpc) is 3.96. The van der Waals surface area contributed by atoms with Crippen LogP contribution in [0.3, 0.4) is 0 Å². The number of nitrogens with one attached hydrogen (secondary N) is 2. The monoisotopic (exact) mass is 707 g/mol. The van der Waals surface area contributed by atoms with Gasteiger partial charge in [0, 0.05) is 26.0 Å². The minimum absolute atomic E-state index is 0.0286. The van der Waals surface area contributed by atoms with E-state index in [9.17, 15) is 19.2 Å². The van der Waals surface area contributed by atoms with Gasteiger partial charge in [-0.3, -0.25) is 19.7 Å². The highest BCUT2D eigenvalue weighted by Gasteiger charge is 2.72. The Morgan fingerprint density at radius 3 is 2.30 bits per heavy atom. The molecule has 3 rings (SSSR count). The van der Waals surface area contributed by atoms with Crippen molar-refractivity contribution in [3.05, 3.63) is 11.6 Å². The van der Waals surface area contributed by atoms with Gasteiger partial charge in [0.1, 0.15) is 29.2 Å². The molecule has 12 heteroatoms. The van der Waals surface area contributed by atoms with Crippen molar-refractivity contribution in [2.45, 2.75) is 148 Å². The standard InChI is InChI=1S/C38H65N3O9/c1-24(2)15-16-30-37(7,50-30)34-33(46-8)29(17-18-38(34)23-48-38)49-31(43)20-27(25(3)4)22-47-36(45)40-19-13-11-9-10-12-14-28(42)21-41-32(26(5)6)35(39)44/h15,25-27,29-30,32-34,41H,9-14,16-23H2,1-8H3,(H2,39,44)(H,40,45)/t27-,29?,30+,32-,33?,34?,37?,38-/m0/s1. The lowest BCUT2D eigenvalue weighted by atomic mass is 9.68. The van der Waals surface area contributed by atoms with Crippen molar-refractivity contribution in [3.8, 4) is 0 Å². The number of carbonyl (C=O) groups excluding carboxylic acids is 4. The van der Waals surface area contributed by atoms with Crippen LogP contribution in [0.5, 0.6) is 0 Å². The molecule has 1 saturated carbocycles. The fourth-order valence-electron chi connectivity index (χ4n) is 7.37. The lowest BCUT2D eigenvalue weighted by Crippen LogP contribution is -2.55. The normalized spacial score (nSPS) is 28.2. The van der Waals surface area contributed by atoms with Crippen molar-refractivity contribution in [1.29, 1.82) is 0 Å². The molecule has 1 spiro atoms. The zero-order chi connectivity index (χ0) is 37.1. The maximum absolute atomic E-state index is 13.2. The molecule has 2 amide bonds. The molecule has 2 aliphatic heterocycles. The number of rotatable bonds is 23. The summed E-state index contributed by atoms with van der Waals surface area (Å²) >= 11 is 0. The van der Waals surface area contributed by atoms with Gasteiger partial charge in [-0.2, -0.15) is 0 Å². The second-order valence-corrected chi connectivity index (χ2v) is 15.7. The van der Waals surface area contributed by atoms with E-state index in [1.807, 2.05) is 27.7 Å². The number of methoxy groups -OCH3 is 1. The van der Waals surface area contributed by atoms with E-state index in [4.69, 9.17) is 29.4 Å². The molecule has 50 heavy (non-hydrogen) atoms. The molecule has 8 atom stereocenters. The number of hydrogen-bond acceptors (Lipinski definition) is 10. The van der Waals surface area contributed by atoms with E-state index in [0.29, 0.717) is 26.0 Å². The fraction of sp³-hybridized carbons (Fsp3) is 0.842. The number of ketones is 1. The highest BCUT2D eigenvalue weighted by atomic mass is 16.6. The first-order valence-electron chi connectivity index (χ1n) is 18.8. The summed E-state index contributed by atoms with van der Waals surface area (Å²) in [5.74, 6) is -0.791. The first-order chi connectivity index (χ1) is 23.6. The molecule has 0 aromatic rings. The topological polar surface area (TPSA) is 171 Å². The third-order valence-electron chi connectivity index (χ3n) is 10.7. The van der Waals surface area contributed by atoms with Crippen molar-refractivity contribution in [2.75, 3.05) is 33.4 Å². The minimum atomic E-state index is -0.501. The maximum atomic E-state index is 13.2. The summed E-state index contributed by atoms with van der Waals surface area (Å²) < 4.78 is 29.9. The van der Waals surface area contributed by atoms with Crippen LogP contribution in [0.1, 0.15) is 113 Å². The van der Waals surface area contributed by atoms with Gasteiger partial charge in [-0.25, -0.2) is 4.79 Å². The molecule has 0 radical (unpaired) electrons. The molecule has 2 heterocycles. The Balaban J connectivity index is 1.33. The second kappa shape index (κ2) is 19.3. The summed E-state index contributed by atoms with van der Waals surface area (Å²) in [7, 11) is 1.67. The number of unbranched alkanes of at least 4 members (excludes halogenated alkanes) is 4. The van der Waals surface area contributed by atoms with Crippen LogP contribution >= 0.6 is 0 Å². The van der Waals surface area contributed by atoms with Crippen molar-refractivity contribution < 1.29 is 42.9 Å². The molecule has 286 valence electrons. The summed E-state index contributed by atoms with van der Waals surface area (Å²) in [6, 6.07) is -0.501. The Morgan fingerprint density at radius 2 is 1.70 bits per heavy atom. The van der Waals surface area contributed by atoms with Gasteiger partial charge in [0.2, 0.25) is 5.91 Å². The zero-order valence-corrected chi connectivity index (χ0v) is 31.8. The number of amides is 2. The Hall–Kier alpha value is -2.54. The van der Waals surface area contributed by atoms with Crippen molar-refractivity contribution in [2.24, 2.45) is 29.4 Å². The Kier molecular flexibility index (Phi) is 16.2. The van der Waals surface area contributed by atoms with E-state index in [0.717, 1.165) is 44.9 Å². The van der Waals surface area contributed by atoms with Gasteiger partial charge in [0.25, 0.3) is 0 Å². The van der Waals surface area contributed by atoms with Crippen LogP contribution in [-0.4, -0.2) is 92.7 Å². The number of primary amides is 1. The van der Waals surface area contributed by atoms with Gasteiger partial charge in [0.15, 0.2) is 0 Å². The predicted molar refractivity (Wildman–Crippen MR) is 190 cm³/mol. The van der Waals surface area contributed by atoms with Crippen LogP contribution < -0.4 is 16.4 Å². The van der Waals surface area contributed by atoms with Crippen LogP contribution in [0.2, 0.25) is 0 Å². The Morgan fingerprint density at radius 1 is 1.02 bits per heavy atom. The molecule has 0 bridgehead atoms. The van der Waals surface area contributed by atoms with Gasteiger partial charge in [-0.15, -0.1) is 0 Å². The largest absolute Gasteiger partial charge is 0.460 e. The molecule has 0 aromatic carbocycles. The number of allylic oxidation sites excluding steroid dienone is 1. The third-order valence-corrected chi connectivity index (χ3v) is 10.7. The van der Waals surface area contributed by atoms with E-state index in [1.165, 1.54) is 5.57 Å². The SMILES string of the molecule is COC1C(OC(=O)C[C@@H](COC(=O)NCCCCCCCC(=O)CN[C@H](C(N)=O)C(C)C)C(C)C)CC[C@]2(CO2)C1C1(C)O[C@@H]1CC=C(C)C. The van der Waals surface area contributed by atoms with Crippen molar-refractivity contribution >= 4 is 23.8 Å². The number of alkyl carbamates (subject to hydrolysis) is 1. The first-order valence-corrected chi connectivity index (χ1v) is 18.8. The summed E-state index contributed by atoms with van der Waals surface area (Å²) in [4.78, 5) is 49.2. The average molecular weight is 708 g/mol. The van der Waals surface area contributed by atoms with Crippen molar-refractivity contribution in [1.82, 2.24) is 10.6 Å². The third kappa shape index (κ3) is 12.3. The van der Waals surface area contributed by atoms with E-state index >= 15 is 0 Å². The number of esters is 1. The van der Waals surface area contributed by atoms with Crippen LogP contribution in [-0.2, 0) is 38.1 Å². The molecule has 0 aromatic heterocycles. The van der Waals surface area contributed by atoms with E-state index in [-0.39, 0.29) is 72.8 Å². The molecule has 3 fully saturated rings. The summed E-state index contributed by atoms with van der Waals surface area (Å²) in [6.45, 7) is 15.5. The summed E-state index contributed by atoms with van der Waals surface area (Å²) in [5.41, 5.74) is 5.95. The van der Waals surface area contributed by atoms with Gasteiger partial charge < -0.3 is 34.7 Å². The summed E-state index contributed by atoms with van der Waals surface area (Å²) in [6.07, 6.45) is 8.28. The van der Waals surface area contributed by atoms with Gasteiger partial charge >= 0.3 is 12.1 Å². The van der Waals surface area contributed by atoms with Crippen LogP contribution in [0, 0.1) is 23.7 Å². The van der Waals surface area contributed by atoms with Crippen LogP contribution in [0.25, 0.3) is 0 Å². The fourth-order valence-corrected chi connectivity index (χ4v) is 7.37. The smallest absolute Gasteiger partial charge is 0.407 e. The molecule has 2 saturated heterocycles. The minimum Gasteiger partial charge on any atom is -0.460 e. The van der Waals surface area contributed by atoms with Crippen LogP contribution in [0.15, 0.2) is 11.6 Å². The maximum Gasteiger partial charge on any atom is 0.407 e. The Bertz CT molecular complexity index is 1170. The van der Waals surface area contributed by atoms with Gasteiger partial charge in [0.05, 0.1) is 44.2 Å².